The summed E-state index contributed by atoms with van der Waals surface area (Å²) < 4.78 is 3.20. The molecule has 5 rings (SSSR count). The number of fused-ring (bicyclic) bond motifs is 3. The molecule has 1 saturated heterocycles. The Hall–Kier alpha value is -1.86. The highest BCUT2D eigenvalue weighted by atomic mass is 32.1. The van der Waals surface area contributed by atoms with E-state index in [1.807, 2.05) is 11.0 Å². The van der Waals surface area contributed by atoms with Gasteiger partial charge in [0.2, 0.25) is 5.91 Å². The molecule has 2 fully saturated rings. The molecule has 186 valence electrons. The molecule has 34 heavy (non-hydrogen) atoms. The van der Waals surface area contributed by atoms with Crippen LogP contribution in [0.2, 0.25) is 0 Å². The predicted octanol–water partition coefficient (Wildman–Crippen LogP) is 4.59. The lowest BCUT2D eigenvalue weighted by atomic mass is 9.86. The Morgan fingerprint density at radius 1 is 1.09 bits per heavy atom. The molecule has 2 aromatic heterocycles. The van der Waals surface area contributed by atoms with E-state index in [0.717, 1.165) is 60.2 Å². The number of hydrogen-bond acceptors (Lipinski definition) is 4. The second kappa shape index (κ2) is 10.0. The van der Waals surface area contributed by atoms with Crippen molar-refractivity contribution in [2.24, 2.45) is 17.8 Å². The average Bonchev–Trinajstić information content (AvgIpc) is 3.38. The zero-order valence-electron chi connectivity index (χ0n) is 21.0. The third-order valence-corrected chi connectivity index (χ3v) is 9.15. The third-order valence-electron chi connectivity index (χ3n) is 8.29. The van der Waals surface area contributed by atoms with Gasteiger partial charge in [0.25, 0.3) is 5.91 Å². The monoisotopic (exact) mass is 484 g/mol. The van der Waals surface area contributed by atoms with Gasteiger partial charge in [0, 0.05) is 25.7 Å². The standard InChI is InChI=1S/C27H40N4O2S/c1-18-13-19(2)16-29(15-18)10-6-11-30-24(26(32)28-21-8-5-4-7-20(21)3)17-31-22-9-12-34-25(22)14-23(31)27(30)33/h9,12,14,18-21,24H,4-8,10-11,13,15-17H2,1-3H3,(H,28,32). The number of aromatic nitrogens is 1. The molecule has 7 heteroatoms. The number of carbonyl (C=O) groups excluding carboxylic acids is 2. The van der Waals surface area contributed by atoms with Crippen LogP contribution in [0.1, 0.15) is 69.8 Å². The van der Waals surface area contributed by atoms with Gasteiger partial charge in [-0.25, -0.2) is 0 Å². The molecule has 2 aliphatic heterocycles. The summed E-state index contributed by atoms with van der Waals surface area (Å²) in [6.45, 7) is 11.4. The fourth-order valence-electron chi connectivity index (χ4n) is 6.64. The summed E-state index contributed by atoms with van der Waals surface area (Å²) in [6.07, 6.45) is 6.84. The minimum atomic E-state index is -0.441. The van der Waals surface area contributed by atoms with Crippen LogP contribution in [0.25, 0.3) is 10.2 Å². The normalized spacial score (nSPS) is 30.5. The Morgan fingerprint density at radius 2 is 1.85 bits per heavy atom. The van der Waals surface area contributed by atoms with Crippen LogP contribution in [-0.2, 0) is 11.3 Å². The lowest BCUT2D eigenvalue weighted by Gasteiger charge is -2.39. The van der Waals surface area contributed by atoms with Gasteiger partial charge in [-0.05, 0) is 67.5 Å². The van der Waals surface area contributed by atoms with E-state index in [0.29, 0.717) is 19.0 Å². The second-order valence-electron chi connectivity index (χ2n) is 11.3. The number of amides is 2. The maximum absolute atomic E-state index is 13.7. The molecule has 0 bridgehead atoms. The van der Waals surface area contributed by atoms with E-state index in [1.54, 1.807) is 11.3 Å². The fourth-order valence-corrected chi connectivity index (χ4v) is 7.46. The summed E-state index contributed by atoms with van der Waals surface area (Å²) in [7, 11) is 0. The van der Waals surface area contributed by atoms with Crippen LogP contribution in [0.5, 0.6) is 0 Å². The van der Waals surface area contributed by atoms with Gasteiger partial charge in [-0.1, -0.05) is 33.6 Å². The van der Waals surface area contributed by atoms with E-state index in [2.05, 4.69) is 47.0 Å². The Morgan fingerprint density at radius 3 is 2.62 bits per heavy atom. The third kappa shape index (κ3) is 4.78. The molecule has 6 nitrogen and oxygen atoms in total. The quantitative estimate of drug-likeness (QED) is 0.652. The van der Waals surface area contributed by atoms with E-state index in [-0.39, 0.29) is 17.9 Å². The van der Waals surface area contributed by atoms with Crippen molar-refractivity contribution in [3.8, 4) is 0 Å². The molecule has 2 amide bonds. The fraction of sp³-hybridized carbons (Fsp3) is 0.704. The first-order valence-electron chi connectivity index (χ1n) is 13.3. The summed E-state index contributed by atoms with van der Waals surface area (Å²) in [6, 6.07) is 3.87. The lowest BCUT2D eigenvalue weighted by molar-refractivity contribution is -0.127. The maximum atomic E-state index is 13.7. The highest BCUT2D eigenvalue weighted by molar-refractivity contribution is 7.17. The lowest BCUT2D eigenvalue weighted by Crippen LogP contribution is -2.57. The number of carbonyl (C=O) groups is 2. The number of thiophene rings is 1. The predicted molar refractivity (Wildman–Crippen MR) is 138 cm³/mol. The van der Waals surface area contributed by atoms with Crippen LogP contribution in [-0.4, -0.2) is 64.4 Å². The highest BCUT2D eigenvalue weighted by Crippen LogP contribution is 2.31. The Labute approximate surface area is 207 Å². The van der Waals surface area contributed by atoms with Gasteiger partial charge in [-0.15, -0.1) is 11.3 Å². The largest absolute Gasteiger partial charge is 0.351 e. The van der Waals surface area contributed by atoms with Gasteiger partial charge >= 0.3 is 0 Å². The van der Waals surface area contributed by atoms with Crippen LogP contribution in [0.3, 0.4) is 0 Å². The van der Waals surface area contributed by atoms with Crippen molar-refractivity contribution >= 4 is 33.4 Å². The van der Waals surface area contributed by atoms with Gasteiger partial charge in [-0.3, -0.25) is 9.59 Å². The Bertz CT molecular complexity index is 1020. The zero-order valence-corrected chi connectivity index (χ0v) is 21.8. The number of hydrogen-bond donors (Lipinski definition) is 1. The molecule has 3 aliphatic rings. The van der Waals surface area contributed by atoms with Crippen molar-refractivity contribution in [2.45, 2.75) is 77.9 Å². The van der Waals surface area contributed by atoms with Gasteiger partial charge in [-0.2, -0.15) is 0 Å². The van der Waals surface area contributed by atoms with Crippen molar-refractivity contribution < 1.29 is 9.59 Å². The second-order valence-corrected chi connectivity index (χ2v) is 12.2. The summed E-state index contributed by atoms with van der Waals surface area (Å²) >= 11 is 1.66. The minimum absolute atomic E-state index is 0.00636. The first-order valence-corrected chi connectivity index (χ1v) is 14.2. The van der Waals surface area contributed by atoms with Gasteiger partial charge in [0.1, 0.15) is 11.7 Å². The van der Waals surface area contributed by atoms with E-state index in [9.17, 15) is 9.59 Å². The number of nitrogens with zero attached hydrogens (tertiary/aromatic N) is 3. The molecule has 0 radical (unpaired) electrons. The van der Waals surface area contributed by atoms with Crippen molar-refractivity contribution in [1.29, 1.82) is 0 Å². The summed E-state index contributed by atoms with van der Waals surface area (Å²) in [5, 5.41) is 5.41. The molecule has 1 N–H and O–H groups in total. The van der Waals surface area contributed by atoms with Crippen LogP contribution >= 0.6 is 11.3 Å². The summed E-state index contributed by atoms with van der Waals surface area (Å²) in [5.74, 6) is 1.99. The minimum Gasteiger partial charge on any atom is -0.351 e. The molecule has 1 aliphatic carbocycles. The molecule has 5 atom stereocenters. The molecule has 0 spiro atoms. The van der Waals surface area contributed by atoms with Crippen molar-refractivity contribution in [1.82, 2.24) is 19.7 Å². The van der Waals surface area contributed by atoms with E-state index in [4.69, 9.17) is 0 Å². The van der Waals surface area contributed by atoms with E-state index in [1.165, 1.54) is 25.7 Å². The highest BCUT2D eigenvalue weighted by Gasteiger charge is 2.39. The summed E-state index contributed by atoms with van der Waals surface area (Å²) in [4.78, 5) is 31.7. The van der Waals surface area contributed by atoms with Gasteiger partial charge < -0.3 is 19.7 Å². The number of rotatable bonds is 6. The van der Waals surface area contributed by atoms with Crippen LogP contribution < -0.4 is 5.32 Å². The smallest absolute Gasteiger partial charge is 0.271 e. The molecular formula is C27H40N4O2S. The molecule has 4 heterocycles. The Balaban J connectivity index is 1.32. The van der Waals surface area contributed by atoms with Crippen LogP contribution in [0, 0.1) is 17.8 Å². The van der Waals surface area contributed by atoms with Crippen molar-refractivity contribution in [2.75, 3.05) is 26.2 Å². The SMILES string of the molecule is CC1CC(C)CN(CCCN2C(=O)c3cc4sccc4n3CC2C(=O)NC2CCCCC2C)C1. The molecule has 5 unspecified atom stereocenters. The topological polar surface area (TPSA) is 57.6 Å². The van der Waals surface area contributed by atoms with Crippen molar-refractivity contribution in [3.05, 3.63) is 23.2 Å². The van der Waals surface area contributed by atoms with E-state index >= 15 is 0 Å². The van der Waals surface area contributed by atoms with Crippen LogP contribution in [0.4, 0.5) is 0 Å². The molecular weight excluding hydrogens is 444 g/mol. The molecule has 1 saturated carbocycles. The molecule has 2 aromatic rings. The zero-order chi connectivity index (χ0) is 23.8. The van der Waals surface area contributed by atoms with Gasteiger partial charge in [0.05, 0.1) is 16.8 Å². The number of likely N-dealkylation sites (tertiary alicyclic amines) is 1. The van der Waals surface area contributed by atoms with E-state index < -0.39 is 6.04 Å². The molecule has 0 aromatic carbocycles. The average molecular weight is 485 g/mol. The first-order chi connectivity index (χ1) is 16.4. The number of nitrogens with one attached hydrogen (secondary N) is 1. The van der Waals surface area contributed by atoms with Crippen molar-refractivity contribution in [3.63, 3.8) is 0 Å². The maximum Gasteiger partial charge on any atom is 0.271 e. The van der Waals surface area contributed by atoms with Crippen LogP contribution in [0.15, 0.2) is 17.5 Å². The first kappa shape index (κ1) is 23.9. The summed E-state index contributed by atoms with van der Waals surface area (Å²) in [5.41, 5.74) is 1.81. The Kier molecular flexibility index (Phi) is 7.03. The number of piperidine rings is 1. The van der Waals surface area contributed by atoms with Gasteiger partial charge in [0.15, 0.2) is 0 Å².